The lowest BCUT2D eigenvalue weighted by Gasteiger charge is -2.29. The van der Waals surface area contributed by atoms with Gasteiger partial charge in [-0.3, -0.25) is 0 Å². The molecule has 0 aliphatic carbocycles. The summed E-state index contributed by atoms with van der Waals surface area (Å²) in [5.41, 5.74) is 2.45. The van der Waals surface area contributed by atoms with Crippen LogP contribution in [0.15, 0.2) is 60.8 Å². The van der Waals surface area contributed by atoms with Crippen molar-refractivity contribution >= 4 is 0 Å². The number of nitrogens with zero attached hydrogens (tertiary/aromatic N) is 1. The lowest BCUT2D eigenvalue weighted by molar-refractivity contribution is 0.0829. The van der Waals surface area contributed by atoms with Crippen LogP contribution < -0.4 is 14.8 Å². The maximum atomic E-state index is 9.72. The van der Waals surface area contributed by atoms with E-state index in [-0.39, 0.29) is 18.2 Å². The highest BCUT2D eigenvalue weighted by Crippen LogP contribution is 2.29. The molecule has 0 saturated carbocycles. The van der Waals surface area contributed by atoms with Crippen molar-refractivity contribution in [1.29, 1.82) is 0 Å². The predicted octanol–water partition coefficient (Wildman–Crippen LogP) is 4.33. The van der Waals surface area contributed by atoms with Crippen LogP contribution in [0.3, 0.4) is 0 Å². The van der Waals surface area contributed by atoms with Crippen molar-refractivity contribution in [3.63, 3.8) is 0 Å². The summed E-state index contributed by atoms with van der Waals surface area (Å²) >= 11 is 0. The Morgan fingerprint density at radius 1 is 1.03 bits per heavy atom. The molecule has 0 amide bonds. The first-order valence-corrected chi connectivity index (χ1v) is 11.9. The molecule has 0 aromatic heterocycles. The summed E-state index contributed by atoms with van der Waals surface area (Å²) in [6, 6.07) is 16.6. The van der Waals surface area contributed by atoms with E-state index in [0.29, 0.717) is 12.5 Å². The number of hydrogen-bond acceptors (Lipinski definition) is 5. The van der Waals surface area contributed by atoms with Gasteiger partial charge in [0.05, 0.1) is 18.6 Å². The van der Waals surface area contributed by atoms with Crippen LogP contribution in [0.4, 0.5) is 0 Å². The van der Waals surface area contributed by atoms with Gasteiger partial charge in [-0.1, -0.05) is 56.3 Å². The number of aliphatic hydroxyl groups is 1. The minimum Gasteiger partial charge on any atom is -0.492 e. The largest absolute Gasteiger partial charge is 0.492 e. The van der Waals surface area contributed by atoms with Gasteiger partial charge in [-0.2, -0.15) is 0 Å². The van der Waals surface area contributed by atoms with Crippen LogP contribution in [-0.4, -0.2) is 48.6 Å². The van der Waals surface area contributed by atoms with E-state index < -0.39 is 0 Å². The first kappa shape index (κ1) is 22.7. The highest BCUT2D eigenvalue weighted by molar-refractivity contribution is 5.36. The first-order chi connectivity index (χ1) is 15.6. The summed E-state index contributed by atoms with van der Waals surface area (Å²) in [5, 5.41) is 13.1. The molecule has 2 N–H and O–H groups in total. The van der Waals surface area contributed by atoms with Gasteiger partial charge in [-0.15, -0.1) is 0 Å². The molecule has 0 radical (unpaired) electrons. The zero-order chi connectivity index (χ0) is 22.3. The standard InChI is InChI=1S/C27H36N2O3/c1-20(2)24-8-4-6-10-26(24)32-27-22(11-15-28-27)19-31-25-9-5-3-7-21(25)12-16-29-17-13-23(30)14-18-29/h3-11,15,20,22-23,27-28,30H,12-14,16-19H2,1-2H3. The SMILES string of the molecule is CC(C)c1ccccc1OC1NC=CC1COc1ccccc1CCN1CCC(O)CC1. The number of benzene rings is 2. The fourth-order valence-electron chi connectivity index (χ4n) is 4.42. The van der Waals surface area contributed by atoms with Gasteiger partial charge in [0, 0.05) is 19.6 Å². The highest BCUT2D eigenvalue weighted by Gasteiger charge is 2.26. The fraction of sp³-hybridized carbons (Fsp3) is 0.481. The molecule has 5 nitrogen and oxygen atoms in total. The number of nitrogens with one attached hydrogen (secondary N) is 1. The number of rotatable bonds is 9. The van der Waals surface area contributed by atoms with E-state index in [0.717, 1.165) is 50.4 Å². The van der Waals surface area contributed by atoms with Gasteiger partial charge in [-0.25, -0.2) is 0 Å². The van der Waals surface area contributed by atoms with Crippen molar-refractivity contribution in [1.82, 2.24) is 10.2 Å². The van der Waals surface area contributed by atoms with Gasteiger partial charge in [-0.05, 0) is 54.6 Å². The number of piperidine rings is 1. The average molecular weight is 437 g/mol. The second kappa shape index (κ2) is 10.9. The first-order valence-electron chi connectivity index (χ1n) is 11.9. The van der Waals surface area contributed by atoms with Crippen molar-refractivity contribution in [2.24, 2.45) is 5.92 Å². The Morgan fingerprint density at radius 2 is 1.75 bits per heavy atom. The number of ether oxygens (including phenoxy) is 2. The average Bonchev–Trinajstić information content (AvgIpc) is 3.25. The normalized spacial score (nSPS) is 21.6. The molecular formula is C27H36N2O3. The highest BCUT2D eigenvalue weighted by atomic mass is 16.5. The summed E-state index contributed by atoms with van der Waals surface area (Å²) in [4.78, 5) is 2.43. The fourth-order valence-corrected chi connectivity index (χ4v) is 4.42. The molecule has 2 heterocycles. The Hall–Kier alpha value is -2.50. The van der Waals surface area contributed by atoms with Crippen LogP contribution >= 0.6 is 0 Å². The topological polar surface area (TPSA) is 54.0 Å². The Balaban J connectivity index is 1.33. The van der Waals surface area contributed by atoms with Crippen molar-refractivity contribution < 1.29 is 14.6 Å². The van der Waals surface area contributed by atoms with Crippen molar-refractivity contribution in [3.05, 3.63) is 71.9 Å². The Bertz CT molecular complexity index is 890. The smallest absolute Gasteiger partial charge is 0.179 e. The van der Waals surface area contributed by atoms with Crippen LogP contribution in [0, 0.1) is 5.92 Å². The van der Waals surface area contributed by atoms with Gasteiger partial charge in [0.1, 0.15) is 11.5 Å². The molecule has 1 fully saturated rings. The molecule has 2 unspecified atom stereocenters. The van der Waals surface area contributed by atoms with E-state index >= 15 is 0 Å². The number of para-hydroxylation sites is 2. The second-order valence-electron chi connectivity index (χ2n) is 9.16. The van der Waals surface area contributed by atoms with Gasteiger partial charge >= 0.3 is 0 Å². The maximum absolute atomic E-state index is 9.72. The number of likely N-dealkylation sites (tertiary alicyclic amines) is 1. The van der Waals surface area contributed by atoms with Crippen LogP contribution in [0.5, 0.6) is 11.5 Å². The van der Waals surface area contributed by atoms with Crippen molar-refractivity contribution in [2.75, 3.05) is 26.2 Å². The molecule has 172 valence electrons. The quantitative estimate of drug-likeness (QED) is 0.613. The van der Waals surface area contributed by atoms with Crippen molar-refractivity contribution in [3.8, 4) is 11.5 Å². The monoisotopic (exact) mass is 436 g/mol. The summed E-state index contributed by atoms with van der Waals surface area (Å²) in [6.45, 7) is 7.87. The third-order valence-electron chi connectivity index (χ3n) is 6.45. The van der Waals surface area contributed by atoms with E-state index in [2.05, 4.69) is 60.5 Å². The second-order valence-corrected chi connectivity index (χ2v) is 9.16. The molecule has 0 spiro atoms. The van der Waals surface area contributed by atoms with Crippen LogP contribution in [-0.2, 0) is 6.42 Å². The van der Waals surface area contributed by atoms with Gasteiger partial charge < -0.3 is 24.8 Å². The molecule has 5 heteroatoms. The molecule has 2 aromatic carbocycles. The molecule has 2 aliphatic heterocycles. The third-order valence-corrected chi connectivity index (χ3v) is 6.45. The molecule has 2 aliphatic rings. The lowest BCUT2D eigenvalue weighted by Crippen LogP contribution is -2.37. The lowest BCUT2D eigenvalue weighted by atomic mass is 10.0. The minimum absolute atomic E-state index is 0.127. The van der Waals surface area contributed by atoms with E-state index in [1.807, 2.05) is 24.4 Å². The van der Waals surface area contributed by atoms with E-state index in [1.165, 1.54) is 11.1 Å². The Labute approximate surface area is 192 Å². The minimum atomic E-state index is -0.137. The molecule has 32 heavy (non-hydrogen) atoms. The van der Waals surface area contributed by atoms with Crippen LogP contribution in [0.2, 0.25) is 0 Å². The molecule has 0 bridgehead atoms. The number of aliphatic hydroxyl groups excluding tert-OH is 1. The van der Waals surface area contributed by atoms with E-state index in [9.17, 15) is 5.11 Å². The third kappa shape index (κ3) is 5.84. The Morgan fingerprint density at radius 3 is 2.53 bits per heavy atom. The van der Waals surface area contributed by atoms with Gasteiger partial charge in [0.25, 0.3) is 0 Å². The van der Waals surface area contributed by atoms with Gasteiger partial charge in [0.15, 0.2) is 6.23 Å². The van der Waals surface area contributed by atoms with E-state index in [4.69, 9.17) is 9.47 Å². The number of hydrogen-bond donors (Lipinski definition) is 2. The predicted molar refractivity (Wildman–Crippen MR) is 128 cm³/mol. The molecule has 4 rings (SSSR count). The molecule has 2 aromatic rings. The molecule has 2 atom stereocenters. The summed E-state index contributed by atoms with van der Waals surface area (Å²) < 4.78 is 12.6. The zero-order valence-corrected chi connectivity index (χ0v) is 19.2. The van der Waals surface area contributed by atoms with Crippen LogP contribution in [0.25, 0.3) is 0 Å². The van der Waals surface area contributed by atoms with Crippen LogP contribution in [0.1, 0.15) is 43.7 Å². The molecule has 1 saturated heterocycles. The summed E-state index contributed by atoms with van der Waals surface area (Å²) in [6.07, 6.45) is 6.53. The molecular weight excluding hydrogens is 400 g/mol. The zero-order valence-electron chi connectivity index (χ0n) is 19.2. The van der Waals surface area contributed by atoms with Crippen molar-refractivity contribution in [2.45, 2.75) is 51.4 Å². The van der Waals surface area contributed by atoms with E-state index in [1.54, 1.807) is 0 Å². The summed E-state index contributed by atoms with van der Waals surface area (Å²) in [7, 11) is 0. The van der Waals surface area contributed by atoms with Gasteiger partial charge in [0.2, 0.25) is 0 Å². The Kier molecular flexibility index (Phi) is 7.72. The maximum Gasteiger partial charge on any atom is 0.179 e. The summed E-state index contributed by atoms with van der Waals surface area (Å²) in [5.74, 6) is 2.42.